The first-order valence-corrected chi connectivity index (χ1v) is 11.7. The quantitative estimate of drug-likeness (QED) is 0.297. The lowest BCUT2D eigenvalue weighted by molar-refractivity contribution is 0.485. The molecule has 5 heteroatoms. The maximum Gasteiger partial charge on any atom is 0.339 e. The summed E-state index contributed by atoms with van der Waals surface area (Å²) in [5, 5.41) is 0. The van der Waals surface area contributed by atoms with E-state index in [1.165, 1.54) is 0 Å². The molecule has 0 aromatic heterocycles. The molecule has 4 aromatic carbocycles. The van der Waals surface area contributed by atoms with Crippen LogP contribution >= 0.6 is 13.5 Å². The Hall–Kier alpha value is -3.02. The van der Waals surface area contributed by atoms with Crippen molar-refractivity contribution >= 4 is 23.6 Å². The van der Waals surface area contributed by atoms with Crippen molar-refractivity contribution in [1.29, 1.82) is 0 Å². The predicted octanol–water partition coefficient (Wildman–Crippen LogP) is 6.77. The molecule has 0 spiro atoms. The molecule has 0 saturated carbocycles. The Morgan fingerprint density at radius 1 is 0.719 bits per heavy atom. The first kappa shape index (κ1) is 23.6. The molecule has 0 amide bonds. The van der Waals surface area contributed by atoms with Gasteiger partial charge in [0.2, 0.25) is 0 Å². The van der Waals surface area contributed by atoms with E-state index < -0.39 is 10.1 Å². The van der Waals surface area contributed by atoms with Gasteiger partial charge in [0, 0.05) is 5.56 Å². The van der Waals surface area contributed by atoms with Crippen LogP contribution in [0.2, 0.25) is 0 Å². The Morgan fingerprint density at radius 2 is 1.28 bits per heavy atom. The van der Waals surface area contributed by atoms with Crippen molar-refractivity contribution < 1.29 is 12.6 Å². The Kier molecular flexibility index (Phi) is 7.44. The maximum absolute atomic E-state index is 13.2. The van der Waals surface area contributed by atoms with Crippen LogP contribution in [0.15, 0.2) is 102 Å². The highest BCUT2D eigenvalue weighted by Gasteiger charge is 2.23. The number of hydrogen-bond acceptors (Lipinski definition) is 3. The van der Waals surface area contributed by atoms with E-state index in [1.807, 2.05) is 98.8 Å². The molecule has 0 bridgehead atoms. The fourth-order valence-electron chi connectivity index (χ4n) is 3.59. The minimum Gasteiger partial charge on any atom is -0.378 e. The van der Waals surface area contributed by atoms with Crippen LogP contribution in [0.25, 0.3) is 22.3 Å². The van der Waals surface area contributed by atoms with E-state index in [9.17, 15) is 8.42 Å². The lowest BCUT2D eigenvalue weighted by Gasteiger charge is -2.18. The van der Waals surface area contributed by atoms with Crippen LogP contribution in [0.4, 0.5) is 0 Å². The molecule has 0 N–H and O–H groups in total. The van der Waals surface area contributed by atoms with Crippen molar-refractivity contribution in [3.63, 3.8) is 0 Å². The van der Waals surface area contributed by atoms with Gasteiger partial charge in [-0.1, -0.05) is 91.9 Å². The van der Waals surface area contributed by atoms with Gasteiger partial charge in [0.25, 0.3) is 0 Å². The highest BCUT2D eigenvalue weighted by molar-refractivity contribution is 7.87. The van der Waals surface area contributed by atoms with Gasteiger partial charge in [-0.25, -0.2) is 0 Å². The zero-order valence-corrected chi connectivity index (χ0v) is 19.9. The van der Waals surface area contributed by atoms with E-state index in [-0.39, 0.29) is 18.4 Å². The molecular formula is C27H26O3S2. The fraction of sp³-hybridized carbons (Fsp3) is 0.111. The Morgan fingerprint density at radius 3 is 1.84 bits per heavy atom. The molecule has 0 unspecified atom stereocenters. The largest absolute Gasteiger partial charge is 0.378 e. The molecule has 0 atom stereocenters. The number of benzene rings is 4. The number of aryl methyl sites for hydroxylation is 2. The molecule has 32 heavy (non-hydrogen) atoms. The Bertz CT molecular complexity index is 1280. The maximum atomic E-state index is 13.2. The summed E-state index contributed by atoms with van der Waals surface area (Å²) in [7, 11) is -3.99. The van der Waals surface area contributed by atoms with Gasteiger partial charge in [-0.05, 0) is 53.3 Å². The van der Waals surface area contributed by atoms with Gasteiger partial charge in [0.05, 0.1) is 0 Å². The molecule has 0 aliphatic heterocycles. The van der Waals surface area contributed by atoms with Gasteiger partial charge < -0.3 is 4.18 Å². The van der Waals surface area contributed by atoms with Crippen LogP contribution in [0, 0.1) is 6.92 Å². The lowest BCUT2D eigenvalue weighted by Crippen LogP contribution is -2.11. The first-order valence-electron chi connectivity index (χ1n) is 10.3. The molecule has 4 aromatic rings. The van der Waals surface area contributed by atoms with E-state index in [0.717, 1.165) is 39.8 Å². The molecule has 0 fully saturated rings. The standard InChI is InChI=1S/C27H24O3S.H2S/c1-3-21-15-17-24(18-16-21)31(28,29)30-27-20(2)14-19-25(22-10-6-4-7-11-22)26(27)23-12-8-5-9-13-23;/h4-19H,3H2,1-2H3;1H2. The molecule has 0 heterocycles. The van der Waals surface area contributed by atoms with Gasteiger partial charge in [-0.15, -0.1) is 0 Å². The summed E-state index contributed by atoms with van der Waals surface area (Å²) in [5.74, 6) is 0.354. The summed E-state index contributed by atoms with van der Waals surface area (Å²) < 4.78 is 32.1. The molecule has 4 rings (SSSR count). The second kappa shape index (κ2) is 10.1. The highest BCUT2D eigenvalue weighted by Crippen LogP contribution is 2.42. The average Bonchev–Trinajstić information content (AvgIpc) is 2.81. The van der Waals surface area contributed by atoms with Crippen LogP contribution < -0.4 is 4.18 Å². The van der Waals surface area contributed by atoms with Gasteiger partial charge in [0.1, 0.15) is 4.90 Å². The summed E-state index contributed by atoms with van der Waals surface area (Å²) in [6, 6.07) is 30.4. The summed E-state index contributed by atoms with van der Waals surface area (Å²) in [6.07, 6.45) is 0.845. The summed E-state index contributed by atoms with van der Waals surface area (Å²) in [4.78, 5) is 0.147. The van der Waals surface area contributed by atoms with E-state index in [0.29, 0.717) is 5.75 Å². The van der Waals surface area contributed by atoms with Crippen molar-refractivity contribution in [1.82, 2.24) is 0 Å². The second-order valence-electron chi connectivity index (χ2n) is 7.40. The third-order valence-electron chi connectivity index (χ3n) is 5.32. The van der Waals surface area contributed by atoms with Gasteiger partial charge in [-0.3, -0.25) is 0 Å². The summed E-state index contributed by atoms with van der Waals surface area (Å²) in [5.41, 5.74) is 5.41. The zero-order chi connectivity index (χ0) is 21.8. The smallest absolute Gasteiger partial charge is 0.339 e. The van der Waals surface area contributed by atoms with Gasteiger partial charge in [-0.2, -0.15) is 21.9 Å². The van der Waals surface area contributed by atoms with Crippen molar-refractivity contribution in [3.8, 4) is 28.0 Å². The van der Waals surface area contributed by atoms with Crippen LogP contribution in [0.5, 0.6) is 5.75 Å². The molecule has 0 aliphatic carbocycles. The van der Waals surface area contributed by atoms with Crippen LogP contribution in [-0.4, -0.2) is 8.42 Å². The van der Waals surface area contributed by atoms with Crippen molar-refractivity contribution in [2.45, 2.75) is 25.2 Å². The van der Waals surface area contributed by atoms with Crippen LogP contribution in [0.1, 0.15) is 18.1 Å². The van der Waals surface area contributed by atoms with Crippen LogP contribution in [0.3, 0.4) is 0 Å². The fourth-order valence-corrected chi connectivity index (χ4v) is 4.59. The third kappa shape index (κ3) is 4.90. The normalized spacial score (nSPS) is 10.9. The summed E-state index contributed by atoms with van der Waals surface area (Å²) >= 11 is 0. The van der Waals surface area contributed by atoms with Crippen LogP contribution in [-0.2, 0) is 16.5 Å². The first-order chi connectivity index (χ1) is 15.0. The Labute approximate surface area is 197 Å². The third-order valence-corrected chi connectivity index (χ3v) is 6.55. The number of hydrogen-bond donors (Lipinski definition) is 0. The predicted molar refractivity (Wildman–Crippen MR) is 136 cm³/mol. The van der Waals surface area contributed by atoms with Crippen molar-refractivity contribution in [3.05, 3.63) is 108 Å². The molecular weight excluding hydrogens is 436 g/mol. The minimum atomic E-state index is -3.99. The van der Waals surface area contributed by atoms with Crippen molar-refractivity contribution in [2.24, 2.45) is 0 Å². The SMILES string of the molecule is CCc1ccc(S(=O)(=O)Oc2c(C)ccc(-c3ccccc3)c2-c2ccccc2)cc1.S. The van der Waals surface area contributed by atoms with Gasteiger partial charge in [0.15, 0.2) is 5.75 Å². The van der Waals surface area contributed by atoms with Crippen molar-refractivity contribution in [2.75, 3.05) is 0 Å². The van der Waals surface area contributed by atoms with Gasteiger partial charge >= 0.3 is 10.1 Å². The molecule has 3 nitrogen and oxygen atoms in total. The zero-order valence-electron chi connectivity index (χ0n) is 18.1. The van der Waals surface area contributed by atoms with E-state index in [2.05, 4.69) is 0 Å². The topological polar surface area (TPSA) is 43.4 Å². The van der Waals surface area contributed by atoms with E-state index in [4.69, 9.17) is 4.18 Å². The lowest BCUT2D eigenvalue weighted by atomic mass is 9.92. The molecule has 0 aliphatic rings. The Balaban J connectivity index is 0.00000289. The average molecular weight is 463 g/mol. The highest BCUT2D eigenvalue weighted by atomic mass is 32.2. The van der Waals surface area contributed by atoms with E-state index in [1.54, 1.807) is 12.1 Å². The summed E-state index contributed by atoms with van der Waals surface area (Å²) in [6.45, 7) is 3.90. The minimum absolute atomic E-state index is 0. The molecule has 0 saturated heterocycles. The molecule has 164 valence electrons. The second-order valence-corrected chi connectivity index (χ2v) is 8.95. The monoisotopic (exact) mass is 462 g/mol. The number of rotatable bonds is 6. The van der Waals surface area contributed by atoms with E-state index >= 15 is 0 Å². The molecule has 0 radical (unpaired) electrons.